The van der Waals surface area contributed by atoms with Gasteiger partial charge in [0.2, 0.25) is 6.29 Å². The van der Waals surface area contributed by atoms with E-state index in [-0.39, 0.29) is 13.0 Å². The lowest BCUT2D eigenvalue weighted by Gasteiger charge is -2.19. The third-order valence-electron chi connectivity index (χ3n) is 1.82. The van der Waals surface area contributed by atoms with Gasteiger partial charge in [0.1, 0.15) is 0 Å². The molecule has 0 saturated carbocycles. The van der Waals surface area contributed by atoms with Gasteiger partial charge in [0.15, 0.2) is 5.78 Å². The molecule has 3 unspecified atom stereocenters. The van der Waals surface area contributed by atoms with Crippen molar-refractivity contribution in [1.29, 1.82) is 0 Å². The zero-order valence-corrected chi connectivity index (χ0v) is 9.27. The Morgan fingerprint density at radius 1 is 1.60 bits per heavy atom. The van der Waals surface area contributed by atoms with Crippen LogP contribution in [0.2, 0.25) is 0 Å². The minimum absolute atomic E-state index is 0.000390. The Bertz CT molecular complexity index is 304. The van der Waals surface area contributed by atoms with Gasteiger partial charge >= 0.3 is 7.82 Å². The molecule has 1 aliphatic heterocycles. The first-order valence-corrected chi connectivity index (χ1v) is 5.91. The Labute approximate surface area is 86.6 Å². The zero-order chi connectivity index (χ0) is 11.7. The van der Waals surface area contributed by atoms with E-state index in [0.717, 1.165) is 0 Å². The lowest BCUT2D eigenvalue weighted by Crippen LogP contribution is -2.47. The van der Waals surface area contributed by atoms with Crippen LogP contribution in [0.1, 0.15) is 20.3 Å². The maximum Gasteiger partial charge on any atom is 0.480 e. The number of Topliss-reactive ketones (excluding diaryl/α,β-unsaturated/α-hetero) is 1. The van der Waals surface area contributed by atoms with Crippen LogP contribution in [0.5, 0.6) is 0 Å². The summed E-state index contributed by atoms with van der Waals surface area (Å²) in [6.07, 6.45) is -2.09. The quantitative estimate of drug-likeness (QED) is 0.675. The number of aliphatic hydroxyl groups is 2. The second-order valence-electron chi connectivity index (χ2n) is 2.89. The van der Waals surface area contributed by atoms with Crippen molar-refractivity contribution in [1.82, 2.24) is 0 Å². The average molecular weight is 240 g/mol. The minimum atomic E-state index is -4.04. The van der Waals surface area contributed by atoms with Crippen LogP contribution in [0.3, 0.4) is 0 Å². The number of aliphatic hydroxyl groups excluding tert-OH is 1. The van der Waals surface area contributed by atoms with Crippen LogP contribution in [0.15, 0.2) is 0 Å². The maximum atomic E-state index is 11.5. The van der Waals surface area contributed by atoms with E-state index in [1.165, 1.54) is 13.8 Å². The molecule has 1 saturated heterocycles. The molecule has 0 aromatic heterocycles. The molecule has 1 fully saturated rings. The van der Waals surface area contributed by atoms with E-state index in [2.05, 4.69) is 13.6 Å². The fourth-order valence-electron chi connectivity index (χ4n) is 1.09. The van der Waals surface area contributed by atoms with Crippen LogP contribution in [0.25, 0.3) is 0 Å². The lowest BCUT2D eigenvalue weighted by atomic mass is 10.1. The summed E-state index contributed by atoms with van der Waals surface area (Å²) in [6, 6.07) is 0. The van der Waals surface area contributed by atoms with Crippen molar-refractivity contribution in [2.75, 3.05) is 6.61 Å². The summed E-state index contributed by atoms with van der Waals surface area (Å²) in [6.45, 7) is 2.98. The second kappa shape index (κ2) is 4.29. The summed E-state index contributed by atoms with van der Waals surface area (Å²) in [7, 11) is -4.04. The molecule has 1 heterocycles. The molecule has 0 radical (unpaired) electrons. The standard InChI is InChI=1S/C7H13O7P/c1-3-5(8)7(10)6(9)13-15(11,14-7)12-4-2/h6,9-10H,3-4H2,1-2H3. The summed E-state index contributed by atoms with van der Waals surface area (Å²) in [4.78, 5) is 11.2. The van der Waals surface area contributed by atoms with Gasteiger partial charge in [0, 0.05) is 6.42 Å². The van der Waals surface area contributed by atoms with E-state index in [1.54, 1.807) is 0 Å². The van der Waals surface area contributed by atoms with Crippen LogP contribution >= 0.6 is 7.82 Å². The van der Waals surface area contributed by atoms with Gasteiger partial charge in [-0.25, -0.2) is 9.09 Å². The van der Waals surface area contributed by atoms with Gasteiger partial charge < -0.3 is 10.2 Å². The Kier molecular flexibility index (Phi) is 3.65. The molecule has 3 atom stereocenters. The molecular formula is C7H13O7P. The molecule has 1 rings (SSSR count). The van der Waals surface area contributed by atoms with Crippen LogP contribution in [-0.4, -0.2) is 34.7 Å². The fourth-order valence-corrected chi connectivity index (χ4v) is 2.48. The maximum absolute atomic E-state index is 11.5. The number of rotatable bonds is 4. The Hall–Kier alpha value is -0.300. The molecule has 15 heavy (non-hydrogen) atoms. The minimum Gasteiger partial charge on any atom is -0.363 e. The van der Waals surface area contributed by atoms with Gasteiger partial charge in [-0.05, 0) is 6.92 Å². The SMILES string of the molecule is CCOP1(=O)OC(O)C(O)(C(=O)CC)O1. The number of carbonyl (C=O) groups is 1. The summed E-state index contributed by atoms with van der Waals surface area (Å²) in [5.74, 6) is -3.42. The molecule has 0 spiro atoms. The fraction of sp³-hybridized carbons (Fsp3) is 0.857. The van der Waals surface area contributed by atoms with Crippen LogP contribution in [0.4, 0.5) is 0 Å². The molecular weight excluding hydrogens is 227 g/mol. The van der Waals surface area contributed by atoms with Gasteiger partial charge in [-0.2, -0.15) is 0 Å². The normalized spacial score (nSPS) is 40.7. The first-order valence-electron chi connectivity index (χ1n) is 4.45. The van der Waals surface area contributed by atoms with Gasteiger partial charge in [0.05, 0.1) is 6.61 Å². The summed E-state index contributed by atoms with van der Waals surface area (Å²) in [5.41, 5.74) is 0. The Morgan fingerprint density at radius 2 is 2.20 bits per heavy atom. The smallest absolute Gasteiger partial charge is 0.363 e. The highest BCUT2D eigenvalue weighted by Crippen LogP contribution is 2.59. The first kappa shape index (κ1) is 12.8. The van der Waals surface area contributed by atoms with Gasteiger partial charge in [-0.15, -0.1) is 0 Å². The molecule has 0 amide bonds. The van der Waals surface area contributed by atoms with E-state index in [4.69, 9.17) is 0 Å². The molecule has 0 aromatic rings. The number of phosphoric ester groups is 1. The number of carbonyl (C=O) groups excluding carboxylic acids is 1. The van der Waals surface area contributed by atoms with Gasteiger partial charge in [-0.3, -0.25) is 13.8 Å². The topological polar surface area (TPSA) is 102 Å². The molecule has 2 N–H and O–H groups in total. The Balaban J connectivity index is 2.88. The van der Waals surface area contributed by atoms with E-state index in [0.29, 0.717) is 0 Å². The number of hydrogen-bond donors (Lipinski definition) is 2. The van der Waals surface area contributed by atoms with Gasteiger partial charge in [0.25, 0.3) is 5.79 Å². The summed E-state index contributed by atoms with van der Waals surface area (Å²) in [5, 5.41) is 18.8. The van der Waals surface area contributed by atoms with E-state index >= 15 is 0 Å². The van der Waals surface area contributed by atoms with Crippen molar-refractivity contribution in [2.24, 2.45) is 0 Å². The van der Waals surface area contributed by atoms with E-state index in [9.17, 15) is 19.6 Å². The third kappa shape index (κ3) is 2.28. The zero-order valence-electron chi connectivity index (χ0n) is 8.37. The highest BCUT2D eigenvalue weighted by molar-refractivity contribution is 7.48. The Morgan fingerprint density at radius 3 is 2.67 bits per heavy atom. The summed E-state index contributed by atoms with van der Waals surface area (Å²) < 4.78 is 25.0. The largest absolute Gasteiger partial charge is 0.480 e. The van der Waals surface area contributed by atoms with Crippen molar-refractivity contribution >= 4 is 13.6 Å². The predicted molar refractivity (Wildman–Crippen MR) is 47.7 cm³/mol. The third-order valence-corrected chi connectivity index (χ3v) is 3.36. The van der Waals surface area contributed by atoms with E-state index < -0.39 is 25.7 Å². The second-order valence-corrected chi connectivity index (χ2v) is 4.43. The molecule has 1 aliphatic rings. The molecule has 7 nitrogen and oxygen atoms in total. The van der Waals surface area contributed by atoms with E-state index in [1.807, 2.05) is 0 Å². The molecule has 8 heteroatoms. The number of phosphoric acid groups is 1. The molecule has 0 aromatic carbocycles. The van der Waals surface area contributed by atoms with Crippen molar-refractivity contribution in [3.8, 4) is 0 Å². The first-order chi connectivity index (χ1) is 6.88. The highest BCUT2D eigenvalue weighted by atomic mass is 31.2. The van der Waals surface area contributed by atoms with Crippen molar-refractivity contribution in [2.45, 2.75) is 32.3 Å². The number of hydrogen-bond acceptors (Lipinski definition) is 7. The van der Waals surface area contributed by atoms with Crippen LogP contribution in [-0.2, 0) is 22.9 Å². The van der Waals surface area contributed by atoms with Crippen LogP contribution < -0.4 is 0 Å². The lowest BCUT2D eigenvalue weighted by molar-refractivity contribution is -0.218. The molecule has 0 aliphatic carbocycles. The average Bonchev–Trinajstić information content (AvgIpc) is 2.37. The van der Waals surface area contributed by atoms with Crippen molar-refractivity contribution < 1.29 is 33.1 Å². The highest BCUT2D eigenvalue weighted by Gasteiger charge is 2.59. The predicted octanol–water partition coefficient (Wildman–Crippen LogP) is 0.164. The molecule has 88 valence electrons. The molecule has 0 bridgehead atoms. The number of ketones is 1. The van der Waals surface area contributed by atoms with Crippen molar-refractivity contribution in [3.05, 3.63) is 0 Å². The summed E-state index contributed by atoms with van der Waals surface area (Å²) >= 11 is 0. The van der Waals surface area contributed by atoms with Crippen molar-refractivity contribution in [3.63, 3.8) is 0 Å². The van der Waals surface area contributed by atoms with Gasteiger partial charge in [-0.1, -0.05) is 6.92 Å². The monoisotopic (exact) mass is 240 g/mol. The van der Waals surface area contributed by atoms with Crippen LogP contribution in [0, 0.1) is 0 Å².